The average Bonchev–Trinajstić information content (AvgIpc) is 2.80. The van der Waals surface area contributed by atoms with Gasteiger partial charge in [0.1, 0.15) is 0 Å². The Labute approximate surface area is 194 Å². The van der Waals surface area contributed by atoms with Crippen LogP contribution in [0.3, 0.4) is 0 Å². The van der Waals surface area contributed by atoms with E-state index in [2.05, 4.69) is 78.5 Å². The molecule has 0 saturated carbocycles. The van der Waals surface area contributed by atoms with Gasteiger partial charge in [0.05, 0.1) is 6.54 Å². The summed E-state index contributed by atoms with van der Waals surface area (Å²) in [6, 6.07) is 11.4. The van der Waals surface area contributed by atoms with Gasteiger partial charge in [0.25, 0.3) is 0 Å². The first-order valence-corrected chi connectivity index (χ1v) is 12.3. The number of nitrogens with one attached hydrogen (secondary N) is 3. The van der Waals surface area contributed by atoms with Crippen molar-refractivity contribution in [2.75, 3.05) is 45.9 Å². The van der Waals surface area contributed by atoms with E-state index in [1.807, 2.05) is 0 Å². The molecule has 3 rings (SSSR count). The van der Waals surface area contributed by atoms with Crippen molar-refractivity contribution in [1.29, 1.82) is 0 Å². The highest BCUT2D eigenvalue weighted by Gasteiger charge is 2.34. The molecule has 0 aromatic heterocycles. The number of likely N-dealkylation sites (tertiary alicyclic amines) is 1. The number of guanidine groups is 1. The Bertz CT molecular complexity index is 721. The van der Waals surface area contributed by atoms with Crippen LogP contribution < -0.4 is 16.0 Å². The molecule has 0 radical (unpaired) electrons. The van der Waals surface area contributed by atoms with Crippen molar-refractivity contribution in [2.24, 2.45) is 4.99 Å². The van der Waals surface area contributed by atoms with Crippen LogP contribution in [0.4, 0.5) is 0 Å². The van der Waals surface area contributed by atoms with Crippen LogP contribution in [0.1, 0.15) is 58.1 Å². The second kappa shape index (κ2) is 12.4. The first-order valence-electron chi connectivity index (χ1n) is 12.3. The fourth-order valence-electron chi connectivity index (χ4n) is 4.76. The third-order valence-corrected chi connectivity index (χ3v) is 6.58. The number of hydrogen-bond donors (Lipinski definition) is 3. The molecule has 2 aliphatic rings. The second-order valence-corrected chi connectivity index (χ2v) is 9.52. The molecular weight excluding hydrogens is 398 g/mol. The van der Waals surface area contributed by atoms with Gasteiger partial charge in [-0.25, -0.2) is 0 Å². The van der Waals surface area contributed by atoms with E-state index in [0.29, 0.717) is 6.04 Å². The maximum absolute atomic E-state index is 5.69. The number of hydrogen-bond acceptors (Lipinski definition) is 4. The molecule has 2 fully saturated rings. The quantitative estimate of drug-likeness (QED) is 0.311. The van der Waals surface area contributed by atoms with Gasteiger partial charge in [0, 0.05) is 57.0 Å². The van der Waals surface area contributed by atoms with Crippen molar-refractivity contribution in [3.05, 3.63) is 48.0 Å². The van der Waals surface area contributed by atoms with Gasteiger partial charge < -0.3 is 20.7 Å². The molecule has 6 nitrogen and oxygen atoms in total. The van der Waals surface area contributed by atoms with Crippen molar-refractivity contribution >= 4 is 5.96 Å². The van der Waals surface area contributed by atoms with E-state index in [4.69, 9.17) is 9.73 Å². The summed E-state index contributed by atoms with van der Waals surface area (Å²) in [6.07, 6.45) is 4.23. The first kappa shape index (κ1) is 24.7. The Hall–Kier alpha value is -1.89. The highest BCUT2D eigenvalue weighted by molar-refractivity contribution is 5.80. The zero-order chi connectivity index (χ0) is 22.8. The van der Waals surface area contributed by atoms with Crippen molar-refractivity contribution < 1.29 is 4.74 Å². The zero-order valence-electron chi connectivity index (χ0n) is 20.3. The van der Waals surface area contributed by atoms with E-state index in [1.54, 1.807) is 0 Å². The Morgan fingerprint density at radius 2 is 1.91 bits per heavy atom. The standard InChI is InChI=1S/C26H43N5O/c1-5-27-25(29-24-11-15-31(16-12-24)19-21(2)3)28-20-26(13-17-32-18-14-26)30-22(4)23-9-7-6-8-10-23/h6-10,22,24,30H,2,5,11-20H2,1,3-4H3,(H2,27,28,29). The predicted molar refractivity (Wildman–Crippen MR) is 134 cm³/mol. The number of aliphatic imine (C=N–C) groups is 1. The van der Waals surface area contributed by atoms with Crippen LogP contribution in [-0.2, 0) is 4.74 Å². The van der Waals surface area contributed by atoms with E-state index in [-0.39, 0.29) is 11.6 Å². The summed E-state index contributed by atoms with van der Waals surface area (Å²) in [7, 11) is 0. The van der Waals surface area contributed by atoms with Crippen LogP contribution in [0.5, 0.6) is 0 Å². The highest BCUT2D eigenvalue weighted by Crippen LogP contribution is 2.26. The zero-order valence-corrected chi connectivity index (χ0v) is 20.3. The molecule has 0 bridgehead atoms. The van der Waals surface area contributed by atoms with Crippen molar-refractivity contribution in [1.82, 2.24) is 20.9 Å². The SMILES string of the molecule is C=C(C)CN1CCC(NC(=NCC2(NC(C)c3ccccc3)CCOCC2)NCC)CC1. The monoisotopic (exact) mass is 441 g/mol. The van der Waals surface area contributed by atoms with Gasteiger partial charge in [-0.3, -0.25) is 9.89 Å². The largest absolute Gasteiger partial charge is 0.381 e. The fourth-order valence-corrected chi connectivity index (χ4v) is 4.76. The summed E-state index contributed by atoms with van der Waals surface area (Å²) in [5, 5.41) is 11.1. The molecule has 2 aliphatic heterocycles. The van der Waals surface area contributed by atoms with Crippen LogP contribution in [-0.4, -0.2) is 68.4 Å². The van der Waals surface area contributed by atoms with Crippen LogP contribution in [0.15, 0.2) is 47.5 Å². The molecule has 3 N–H and O–H groups in total. The summed E-state index contributed by atoms with van der Waals surface area (Å²) in [6.45, 7) is 17.0. The Kier molecular flexibility index (Phi) is 9.57. The molecule has 0 amide bonds. The maximum atomic E-state index is 5.69. The summed E-state index contributed by atoms with van der Waals surface area (Å²) < 4.78 is 5.69. The lowest BCUT2D eigenvalue weighted by Gasteiger charge is -2.40. The number of benzene rings is 1. The third kappa shape index (κ3) is 7.61. The van der Waals surface area contributed by atoms with Gasteiger partial charge in [0.2, 0.25) is 0 Å². The molecule has 178 valence electrons. The van der Waals surface area contributed by atoms with E-state index < -0.39 is 0 Å². The number of piperidine rings is 1. The molecular formula is C26H43N5O. The van der Waals surface area contributed by atoms with Gasteiger partial charge >= 0.3 is 0 Å². The summed E-state index contributed by atoms with van der Waals surface area (Å²) >= 11 is 0. The van der Waals surface area contributed by atoms with E-state index in [9.17, 15) is 0 Å². The molecule has 6 heteroatoms. The highest BCUT2D eigenvalue weighted by atomic mass is 16.5. The molecule has 1 aromatic carbocycles. The molecule has 2 heterocycles. The minimum Gasteiger partial charge on any atom is -0.381 e. The van der Waals surface area contributed by atoms with Gasteiger partial charge in [-0.1, -0.05) is 42.5 Å². The molecule has 1 atom stereocenters. The molecule has 0 spiro atoms. The number of ether oxygens (including phenoxy) is 1. The second-order valence-electron chi connectivity index (χ2n) is 9.52. The molecule has 32 heavy (non-hydrogen) atoms. The minimum absolute atomic E-state index is 0.0410. The van der Waals surface area contributed by atoms with Crippen molar-refractivity contribution in [3.8, 4) is 0 Å². The molecule has 0 aliphatic carbocycles. The first-order chi connectivity index (χ1) is 15.5. The van der Waals surface area contributed by atoms with E-state index in [1.165, 1.54) is 11.1 Å². The molecule has 1 aromatic rings. The topological polar surface area (TPSA) is 60.9 Å². The maximum Gasteiger partial charge on any atom is 0.191 e. The number of rotatable bonds is 9. The third-order valence-electron chi connectivity index (χ3n) is 6.58. The Balaban J connectivity index is 1.62. The van der Waals surface area contributed by atoms with Crippen LogP contribution in [0.2, 0.25) is 0 Å². The van der Waals surface area contributed by atoms with Crippen LogP contribution in [0.25, 0.3) is 0 Å². The van der Waals surface area contributed by atoms with Gasteiger partial charge in [-0.05, 0) is 52.0 Å². The van der Waals surface area contributed by atoms with E-state index >= 15 is 0 Å². The van der Waals surface area contributed by atoms with E-state index in [0.717, 1.165) is 77.6 Å². The van der Waals surface area contributed by atoms with Crippen LogP contribution >= 0.6 is 0 Å². The van der Waals surface area contributed by atoms with Gasteiger partial charge in [-0.15, -0.1) is 0 Å². The summed E-state index contributed by atoms with van der Waals surface area (Å²) in [5.74, 6) is 0.936. The van der Waals surface area contributed by atoms with Crippen molar-refractivity contribution in [2.45, 2.75) is 64.1 Å². The smallest absolute Gasteiger partial charge is 0.191 e. The molecule has 2 saturated heterocycles. The number of nitrogens with zero attached hydrogens (tertiary/aromatic N) is 2. The Morgan fingerprint density at radius 3 is 2.53 bits per heavy atom. The summed E-state index contributed by atoms with van der Waals surface area (Å²) in [5.41, 5.74) is 2.51. The summed E-state index contributed by atoms with van der Waals surface area (Å²) in [4.78, 5) is 7.56. The normalized spacial score (nSPS) is 21.2. The lowest BCUT2D eigenvalue weighted by molar-refractivity contribution is 0.0374. The van der Waals surface area contributed by atoms with Crippen molar-refractivity contribution in [3.63, 3.8) is 0 Å². The lowest BCUT2D eigenvalue weighted by Crippen LogP contribution is -2.54. The fraction of sp³-hybridized carbons (Fsp3) is 0.654. The van der Waals surface area contributed by atoms with Gasteiger partial charge in [-0.2, -0.15) is 0 Å². The van der Waals surface area contributed by atoms with Gasteiger partial charge in [0.15, 0.2) is 5.96 Å². The molecule has 1 unspecified atom stereocenters. The lowest BCUT2D eigenvalue weighted by atomic mass is 9.88. The average molecular weight is 442 g/mol. The van der Waals surface area contributed by atoms with Crippen LogP contribution in [0, 0.1) is 0 Å². The Morgan fingerprint density at radius 1 is 1.22 bits per heavy atom. The minimum atomic E-state index is -0.0410. The predicted octanol–water partition coefficient (Wildman–Crippen LogP) is 3.48.